The Hall–Kier alpha value is -1.13. The molecule has 112 valence electrons. The Morgan fingerprint density at radius 3 is 2.50 bits per heavy atom. The van der Waals surface area contributed by atoms with Crippen LogP contribution in [0.5, 0.6) is 0 Å². The van der Waals surface area contributed by atoms with Crippen molar-refractivity contribution in [2.24, 2.45) is 5.92 Å². The Bertz CT molecular complexity index is 481. The van der Waals surface area contributed by atoms with E-state index in [0.29, 0.717) is 10.7 Å². The normalized spacial score (nSPS) is 13.4. The molecule has 0 spiro atoms. The maximum absolute atomic E-state index is 12.1. The third kappa shape index (κ3) is 4.76. The average molecular weight is 299 g/mol. The molecule has 0 saturated heterocycles. The Labute approximate surface area is 125 Å². The monoisotopic (exact) mass is 298 g/mol. The zero-order valence-corrected chi connectivity index (χ0v) is 13.5. The van der Waals surface area contributed by atoms with Crippen molar-refractivity contribution in [1.29, 1.82) is 0 Å². The number of pyridine rings is 1. The predicted molar refractivity (Wildman–Crippen MR) is 81.1 cm³/mol. The number of amides is 1. The van der Waals surface area contributed by atoms with E-state index in [1.165, 1.54) is 6.07 Å². The predicted octanol–water partition coefficient (Wildman–Crippen LogP) is 2.78. The van der Waals surface area contributed by atoms with E-state index in [1.807, 2.05) is 34.6 Å². The largest absolute Gasteiger partial charge is 0.391 e. The van der Waals surface area contributed by atoms with Crippen LogP contribution in [-0.4, -0.2) is 28.6 Å². The lowest BCUT2D eigenvalue weighted by atomic mass is 9.91. The standard InChI is InChI=1S/C15H23ClN2O2/c1-9(2)11(19)8-17-14(20)10-6-12(15(3,4)5)18-13(16)7-10/h6-7,9,11,19H,8H2,1-5H3,(H,17,20). The quantitative estimate of drug-likeness (QED) is 0.840. The van der Waals surface area contributed by atoms with Gasteiger partial charge in [-0.2, -0.15) is 0 Å². The second-order valence-corrected chi connectivity index (χ2v) is 6.72. The molecule has 1 heterocycles. The van der Waals surface area contributed by atoms with Crippen LogP contribution in [-0.2, 0) is 5.41 Å². The van der Waals surface area contributed by atoms with Crippen LogP contribution in [0.25, 0.3) is 0 Å². The number of aromatic nitrogens is 1. The van der Waals surface area contributed by atoms with Crippen LogP contribution in [0.3, 0.4) is 0 Å². The third-order valence-corrected chi connectivity index (χ3v) is 3.26. The lowest BCUT2D eigenvalue weighted by Gasteiger charge is -2.19. The summed E-state index contributed by atoms with van der Waals surface area (Å²) in [6, 6.07) is 3.27. The highest BCUT2D eigenvalue weighted by Crippen LogP contribution is 2.23. The molecule has 0 fully saturated rings. The van der Waals surface area contributed by atoms with E-state index in [2.05, 4.69) is 10.3 Å². The number of carbonyl (C=O) groups excluding carboxylic acids is 1. The van der Waals surface area contributed by atoms with Gasteiger partial charge in [-0.15, -0.1) is 0 Å². The van der Waals surface area contributed by atoms with E-state index in [0.717, 1.165) is 5.69 Å². The van der Waals surface area contributed by atoms with Crippen molar-refractivity contribution in [1.82, 2.24) is 10.3 Å². The van der Waals surface area contributed by atoms with Crippen LogP contribution in [0.2, 0.25) is 5.15 Å². The SMILES string of the molecule is CC(C)C(O)CNC(=O)c1cc(Cl)nc(C(C)(C)C)c1. The first kappa shape index (κ1) is 16.9. The molecule has 5 heteroatoms. The van der Waals surface area contributed by atoms with Crippen LogP contribution in [0.4, 0.5) is 0 Å². The first-order chi connectivity index (χ1) is 9.11. The van der Waals surface area contributed by atoms with Gasteiger partial charge >= 0.3 is 0 Å². The summed E-state index contributed by atoms with van der Waals surface area (Å²) >= 11 is 5.97. The molecule has 0 saturated carbocycles. The average Bonchev–Trinajstić information content (AvgIpc) is 2.33. The van der Waals surface area contributed by atoms with E-state index in [1.54, 1.807) is 6.07 Å². The molecule has 1 amide bonds. The lowest BCUT2D eigenvalue weighted by Crippen LogP contribution is -2.34. The summed E-state index contributed by atoms with van der Waals surface area (Å²) in [5.74, 6) is -0.152. The van der Waals surface area contributed by atoms with Gasteiger partial charge in [0.15, 0.2) is 0 Å². The van der Waals surface area contributed by atoms with Crippen molar-refractivity contribution in [3.63, 3.8) is 0 Å². The van der Waals surface area contributed by atoms with E-state index in [-0.39, 0.29) is 23.8 Å². The Morgan fingerprint density at radius 1 is 1.40 bits per heavy atom. The van der Waals surface area contributed by atoms with Crippen LogP contribution in [0, 0.1) is 5.92 Å². The molecule has 0 aliphatic heterocycles. The van der Waals surface area contributed by atoms with Crippen molar-refractivity contribution in [3.05, 3.63) is 28.5 Å². The summed E-state index contributed by atoms with van der Waals surface area (Å²) in [6.07, 6.45) is -0.557. The van der Waals surface area contributed by atoms with Crippen molar-refractivity contribution >= 4 is 17.5 Å². The van der Waals surface area contributed by atoms with Crippen LogP contribution in [0.1, 0.15) is 50.7 Å². The van der Waals surface area contributed by atoms with E-state index in [9.17, 15) is 9.90 Å². The molecule has 0 radical (unpaired) electrons. The van der Waals surface area contributed by atoms with Gasteiger partial charge < -0.3 is 10.4 Å². The number of rotatable bonds is 4. The summed E-state index contributed by atoms with van der Waals surface area (Å²) in [6.45, 7) is 10.1. The number of carbonyl (C=O) groups is 1. The number of aliphatic hydroxyl groups excluding tert-OH is 1. The minimum Gasteiger partial charge on any atom is -0.391 e. The topological polar surface area (TPSA) is 62.2 Å². The maximum Gasteiger partial charge on any atom is 0.251 e. The first-order valence-electron chi connectivity index (χ1n) is 6.75. The van der Waals surface area contributed by atoms with Gasteiger partial charge in [0.2, 0.25) is 0 Å². The number of aliphatic hydroxyl groups is 1. The maximum atomic E-state index is 12.1. The van der Waals surface area contributed by atoms with Gasteiger partial charge in [-0.3, -0.25) is 4.79 Å². The molecular weight excluding hydrogens is 276 g/mol. The van der Waals surface area contributed by atoms with Crippen LogP contribution >= 0.6 is 11.6 Å². The van der Waals surface area contributed by atoms with Gasteiger partial charge in [0, 0.05) is 23.2 Å². The summed E-state index contributed by atoms with van der Waals surface area (Å²) in [7, 11) is 0. The summed E-state index contributed by atoms with van der Waals surface area (Å²) < 4.78 is 0. The van der Waals surface area contributed by atoms with Gasteiger partial charge in [-0.1, -0.05) is 46.2 Å². The highest BCUT2D eigenvalue weighted by atomic mass is 35.5. The molecule has 4 nitrogen and oxygen atoms in total. The molecule has 1 atom stereocenters. The molecular formula is C15H23ClN2O2. The van der Waals surface area contributed by atoms with E-state index < -0.39 is 6.10 Å². The molecule has 0 aliphatic rings. The van der Waals surface area contributed by atoms with Crippen LogP contribution < -0.4 is 5.32 Å². The third-order valence-electron chi connectivity index (χ3n) is 3.07. The molecule has 2 N–H and O–H groups in total. The zero-order chi connectivity index (χ0) is 15.5. The van der Waals surface area contributed by atoms with Crippen molar-refractivity contribution in [2.45, 2.75) is 46.1 Å². The van der Waals surface area contributed by atoms with Crippen molar-refractivity contribution in [2.75, 3.05) is 6.54 Å². The molecule has 1 rings (SSSR count). The highest BCUT2D eigenvalue weighted by molar-refractivity contribution is 6.29. The molecule has 20 heavy (non-hydrogen) atoms. The summed E-state index contributed by atoms with van der Waals surface area (Å²) in [4.78, 5) is 16.3. The number of halogens is 1. The second kappa shape index (κ2) is 6.55. The summed E-state index contributed by atoms with van der Waals surface area (Å²) in [5, 5.41) is 12.7. The first-order valence-corrected chi connectivity index (χ1v) is 7.13. The molecule has 1 aromatic rings. The molecule has 1 unspecified atom stereocenters. The number of nitrogens with one attached hydrogen (secondary N) is 1. The highest BCUT2D eigenvalue weighted by Gasteiger charge is 2.19. The van der Waals surface area contributed by atoms with Gasteiger partial charge in [-0.25, -0.2) is 4.98 Å². The fourth-order valence-electron chi connectivity index (χ4n) is 1.55. The second-order valence-electron chi connectivity index (χ2n) is 6.34. The van der Waals surface area contributed by atoms with Gasteiger partial charge in [-0.05, 0) is 18.1 Å². The number of nitrogens with zero attached hydrogens (tertiary/aromatic N) is 1. The Morgan fingerprint density at radius 2 is 2.00 bits per heavy atom. The molecule has 0 bridgehead atoms. The van der Waals surface area contributed by atoms with Crippen LogP contribution in [0.15, 0.2) is 12.1 Å². The minimum absolute atomic E-state index is 0.0986. The van der Waals surface area contributed by atoms with Crippen molar-refractivity contribution in [3.8, 4) is 0 Å². The van der Waals surface area contributed by atoms with Crippen molar-refractivity contribution < 1.29 is 9.90 Å². The smallest absolute Gasteiger partial charge is 0.251 e. The fraction of sp³-hybridized carbons (Fsp3) is 0.600. The number of hydrogen-bond acceptors (Lipinski definition) is 3. The Kier molecular flexibility index (Phi) is 5.54. The molecule has 1 aromatic heterocycles. The Balaban J connectivity index is 2.86. The van der Waals surface area contributed by atoms with Gasteiger partial charge in [0.25, 0.3) is 5.91 Å². The molecule has 0 aromatic carbocycles. The fourth-order valence-corrected chi connectivity index (χ4v) is 1.76. The van der Waals surface area contributed by atoms with E-state index in [4.69, 9.17) is 11.6 Å². The minimum atomic E-state index is -0.557. The van der Waals surface area contributed by atoms with E-state index >= 15 is 0 Å². The van der Waals surface area contributed by atoms with Gasteiger partial charge in [0.05, 0.1) is 6.10 Å². The molecule has 0 aliphatic carbocycles. The lowest BCUT2D eigenvalue weighted by molar-refractivity contribution is 0.0871. The zero-order valence-electron chi connectivity index (χ0n) is 12.7. The van der Waals surface area contributed by atoms with Gasteiger partial charge in [0.1, 0.15) is 5.15 Å². The number of hydrogen-bond donors (Lipinski definition) is 2. The summed E-state index contributed by atoms with van der Waals surface area (Å²) in [5.41, 5.74) is 1.04.